The molecule has 0 fully saturated rings. The summed E-state index contributed by atoms with van der Waals surface area (Å²) < 4.78 is 12.9. The lowest BCUT2D eigenvalue weighted by Gasteiger charge is -2.22. The zero-order chi connectivity index (χ0) is 14.7. The first-order valence-electron chi connectivity index (χ1n) is 6.13. The standard InChI is InChI=1S/C15H16FN3O/c1-19(9-10-5-7-11(16)8-6-10)13-4-2-3-12(14(13)17)15(18)20/h2-8H,9,17H2,1H3,(H2,18,20). The van der Waals surface area contributed by atoms with E-state index in [4.69, 9.17) is 11.5 Å². The van der Waals surface area contributed by atoms with Gasteiger partial charge in [0.05, 0.1) is 16.9 Å². The fraction of sp³-hybridized carbons (Fsp3) is 0.133. The topological polar surface area (TPSA) is 72.3 Å². The number of anilines is 2. The molecule has 104 valence electrons. The zero-order valence-corrected chi connectivity index (χ0v) is 11.1. The molecule has 2 aromatic rings. The highest BCUT2D eigenvalue weighted by Crippen LogP contribution is 2.26. The molecule has 4 nitrogen and oxygen atoms in total. The molecule has 0 unspecified atom stereocenters. The third-order valence-corrected chi connectivity index (χ3v) is 3.09. The van der Waals surface area contributed by atoms with E-state index in [-0.39, 0.29) is 5.82 Å². The molecule has 1 amide bonds. The van der Waals surface area contributed by atoms with E-state index in [1.54, 1.807) is 24.3 Å². The van der Waals surface area contributed by atoms with Crippen molar-refractivity contribution < 1.29 is 9.18 Å². The number of nitrogens with zero attached hydrogens (tertiary/aromatic N) is 1. The van der Waals surface area contributed by atoms with Gasteiger partial charge < -0.3 is 16.4 Å². The normalized spacial score (nSPS) is 10.3. The fourth-order valence-electron chi connectivity index (χ4n) is 2.05. The predicted octanol–water partition coefficient (Wildman–Crippen LogP) is 2.14. The number of benzene rings is 2. The van der Waals surface area contributed by atoms with Gasteiger partial charge in [-0.05, 0) is 29.8 Å². The van der Waals surface area contributed by atoms with E-state index in [2.05, 4.69) is 0 Å². The molecule has 0 radical (unpaired) electrons. The summed E-state index contributed by atoms with van der Waals surface area (Å²) in [6.45, 7) is 0.548. The lowest BCUT2D eigenvalue weighted by Crippen LogP contribution is -2.20. The lowest BCUT2D eigenvalue weighted by atomic mass is 10.1. The summed E-state index contributed by atoms with van der Waals surface area (Å²) >= 11 is 0. The van der Waals surface area contributed by atoms with Crippen molar-refractivity contribution in [2.24, 2.45) is 5.73 Å². The van der Waals surface area contributed by atoms with Crippen molar-refractivity contribution in [1.29, 1.82) is 0 Å². The molecule has 2 aromatic carbocycles. The monoisotopic (exact) mass is 273 g/mol. The van der Waals surface area contributed by atoms with E-state index < -0.39 is 5.91 Å². The average molecular weight is 273 g/mol. The van der Waals surface area contributed by atoms with E-state index in [1.165, 1.54) is 12.1 Å². The second-order valence-electron chi connectivity index (χ2n) is 4.59. The van der Waals surface area contributed by atoms with Gasteiger partial charge in [0.25, 0.3) is 5.91 Å². The van der Waals surface area contributed by atoms with Crippen LogP contribution in [-0.4, -0.2) is 13.0 Å². The van der Waals surface area contributed by atoms with Crippen molar-refractivity contribution in [1.82, 2.24) is 0 Å². The molecule has 0 aliphatic rings. The van der Waals surface area contributed by atoms with Crippen LogP contribution in [-0.2, 0) is 6.54 Å². The van der Waals surface area contributed by atoms with E-state index in [9.17, 15) is 9.18 Å². The van der Waals surface area contributed by atoms with Gasteiger partial charge in [0.2, 0.25) is 0 Å². The highest BCUT2D eigenvalue weighted by molar-refractivity contribution is 6.00. The minimum atomic E-state index is -0.556. The molecule has 0 atom stereocenters. The quantitative estimate of drug-likeness (QED) is 0.838. The molecule has 0 saturated heterocycles. The molecular weight excluding hydrogens is 257 g/mol. The number of carbonyl (C=O) groups excluding carboxylic acids is 1. The van der Waals surface area contributed by atoms with Gasteiger partial charge in [-0.1, -0.05) is 18.2 Å². The maximum absolute atomic E-state index is 12.9. The second-order valence-corrected chi connectivity index (χ2v) is 4.59. The Bertz CT molecular complexity index is 626. The third-order valence-electron chi connectivity index (χ3n) is 3.09. The number of nitrogen functional groups attached to an aromatic ring is 1. The van der Waals surface area contributed by atoms with Gasteiger partial charge in [-0.3, -0.25) is 4.79 Å². The van der Waals surface area contributed by atoms with Crippen molar-refractivity contribution in [3.63, 3.8) is 0 Å². The van der Waals surface area contributed by atoms with Crippen LogP contribution < -0.4 is 16.4 Å². The van der Waals surface area contributed by atoms with Crippen LogP contribution in [0.3, 0.4) is 0 Å². The molecule has 0 aromatic heterocycles. The van der Waals surface area contributed by atoms with Crippen LogP contribution in [0.15, 0.2) is 42.5 Å². The number of primary amides is 1. The van der Waals surface area contributed by atoms with Crippen LogP contribution in [0, 0.1) is 5.82 Å². The lowest BCUT2D eigenvalue weighted by molar-refractivity contribution is 0.100. The summed E-state index contributed by atoms with van der Waals surface area (Å²) in [5.41, 5.74) is 13.5. The third kappa shape index (κ3) is 2.88. The van der Waals surface area contributed by atoms with Crippen molar-refractivity contribution in [2.75, 3.05) is 17.7 Å². The maximum Gasteiger partial charge on any atom is 0.250 e. The smallest absolute Gasteiger partial charge is 0.250 e. The van der Waals surface area contributed by atoms with Crippen LogP contribution >= 0.6 is 0 Å². The Hall–Kier alpha value is -2.56. The first-order valence-corrected chi connectivity index (χ1v) is 6.13. The SMILES string of the molecule is CN(Cc1ccc(F)cc1)c1cccc(C(N)=O)c1N. The van der Waals surface area contributed by atoms with Gasteiger partial charge in [0, 0.05) is 13.6 Å². The molecule has 0 spiro atoms. The van der Waals surface area contributed by atoms with Gasteiger partial charge in [-0.25, -0.2) is 4.39 Å². The van der Waals surface area contributed by atoms with Gasteiger partial charge in [-0.2, -0.15) is 0 Å². The Labute approximate surface area is 116 Å². The summed E-state index contributed by atoms with van der Waals surface area (Å²) in [4.78, 5) is 13.2. The molecule has 0 aliphatic carbocycles. The molecule has 0 heterocycles. The highest BCUT2D eigenvalue weighted by atomic mass is 19.1. The predicted molar refractivity (Wildman–Crippen MR) is 77.9 cm³/mol. The average Bonchev–Trinajstić information content (AvgIpc) is 2.41. The molecular formula is C15H16FN3O. The Balaban J connectivity index is 2.25. The van der Waals surface area contributed by atoms with E-state index >= 15 is 0 Å². The van der Waals surface area contributed by atoms with Crippen LogP contribution in [0.1, 0.15) is 15.9 Å². The number of carbonyl (C=O) groups is 1. The second kappa shape index (κ2) is 5.61. The van der Waals surface area contributed by atoms with Crippen LogP contribution in [0.25, 0.3) is 0 Å². The van der Waals surface area contributed by atoms with E-state index in [0.29, 0.717) is 23.5 Å². The number of amides is 1. The Morgan fingerprint density at radius 3 is 2.45 bits per heavy atom. The Kier molecular flexibility index (Phi) is 3.89. The van der Waals surface area contributed by atoms with Gasteiger partial charge in [0.1, 0.15) is 5.82 Å². The summed E-state index contributed by atoms with van der Waals surface area (Å²) in [5, 5.41) is 0. The number of hydrogen-bond donors (Lipinski definition) is 2. The Morgan fingerprint density at radius 2 is 1.85 bits per heavy atom. The molecule has 5 heteroatoms. The number of rotatable bonds is 4. The largest absolute Gasteiger partial charge is 0.396 e. The first kappa shape index (κ1) is 13.9. The summed E-state index contributed by atoms with van der Waals surface area (Å²) in [7, 11) is 1.85. The fourth-order valence-corrected chi connectivity index (χ4v) is 2.05. The highest BCUT2D eigenvalue weighted by Gasteiger charge is 2.12. The van der Waals surface area contributed by atoms with Crippen molar-refractivity contribution in [3.05, 3.63) is 59.4 Å². The van der Waals surface area contributed by atoms with Gasteiger partial charge in [-0.15, -0.1) is 0 Å². The minimum absolute atomic E-state index is 0.272. The Morgan fingerprint density at radius 1 is 1.20 bits per heavy atom. The molecule has 20 heavy (non-hydrogen) atoms. The van der Waals surface area contributed by atoms with Crippen molar-refractivity contribution in [3.8, 4) is 0 Å². The molecule has 2 rings (SSSR count). The van der Waals surface area contributed by atoms with Crippen LogP contribution in [0.4, 0.5) is 15.8 Å². The zero-order valence-electron chi connectivity index (χ0n) is 11.1. The summed E-state index contributed by atoms with van der Waals surface area (Å²) in [6, 6.07) is 11.4. The molecule has 4 N–H and O–H groups in total. The van der Waals surface area contributed by atoms with Crippen LogP contribution in [0.2, 0.25) is 0 Å². The van der Waals surface area contributed by atoms with E-state index in [1.807, 2.05) is 18.0 Å². The maximum atomic E-state index is 12.9. The summed E-state index contributed by atoms with van der Waals surface area (Å²) in [6.07, 6.45) is 0. The summed E-state index contributed by atoms with van der Waals surface area (Å²) in [5.74, 6) is -0.828. The van der Waals surface area contributed by atoms with Crippen molar-refractivity contribution >= 4 is 17.3 Å². The number of halogens is 1. The van der Waals surface area contributed by atoms with E-state index in [0.717, 1.165) is 5.56 Å². The minimum Gasteiger partial charge on any atom is -0.396 e. The van der Waals surface area contributed by atoms with Gasteiger partial charge in [0.15, 0.2) is 0 Å². The molecule has 0 bridgehead atoms. The number of nitrogens with two attached hydrogens (primary N) is 2. The number of hydrogen-bond acceptors (Lipinski definition) is 3. The number of para-hydroxylation sites is 1. The molecule has 0 saturated carbocycles. The van der Waals surface area contributed by atoms with Crippen molar-refractivity contribution in [2.45, 2.75) is 6.54 Å². The van der Waals surface area contributed by atoms with Crippen LogP contribution in [0.5, 0.6) is 0 Å². The first-order chi connectivity index (χ1) is 9.49. The molecule has 0 aliphatic heterocycles. The van der Waals surface area contributed by atoms with Gasteiger partial charge >= 0.3 is 0 Å².